The lowest BCUT2D eigenvalue weighted by Crippen LogP contribution is -2.48. The van der Waals surface area contributed by atoms with Gasteiger partial charge in [0.2, 0.25) is 0 Å². The molecule has 2 aliphatic rings. The quantitative estimate of drug-likeness (QED) is 0.884. The molecule has 0 saturated carbocycles. The molecular weight excluding hydrogens is 336 g/mol. The van der Waals surface area contributed by atoms with Crippen molar-refractivity contribution >= 4 is 0 Å². The van der Waals surface area contributed by atoms with Crippen LogP contribution in [0, 0.1) is 11.8 Å². The summed E-state index contributed by atoms with van der Waals surface area (Å²) >= 11 is 0. The Balaban J connectivity index is 1.65. The van der Waals surface area contributed by atoms with Crippen molar-refractivity contribution in [2.75, 3.05) is 26.2 Å². The van der Waals surface area contributed by atoms with Gasteiger partial charge >= 0.3 is 0 Å². The molecule has 27 heavy (non-hydrogen) atoms. The SMILES string of the molecule is CC(C)CN1C[C@@H]2C[C@H](C1)c1cc(-c3ccc(CCO)cc3)cc(=O)n1C2. The van der Waals surface area contributed by atoms with E-state index in [0.29, 0.717) is 24.2 Å². The summed E-state index contributed by atoms with van der Waals surface area (Å²) in [5, 5.41) is 9.09. The standard InChI is InChI=1S/C23H30N2O2/c1-16(2)12-24-13-18-9-21(15-24)22-10-20(11-23(27)25(22)14-18)19-5-3-17(4-6-19)7-8-26/h3-6,10-11,16,18,21,26H,7-9,12-15H2,1-2H3/t18-,21+/m0/s1. The van der Waals surface area contributed by atoms with Crippen LogP contribution in [0.3, 0.4) is 0 Å². The van der Waals surface area contributed by atoms with Crippen LogP contribution in [0.4, 0.5) is 0 Å². The normalized spacial score (nSPS) is 22.1. The molecule has 3 heterocycles. The average Bonchev–Trinajstić information content (AvgIpc) is 2.63. The third-order valence-corrected chi connectivity index (χ3v) is 5.94. The molecule has 0 spiro atoms. The summed E-state index contributed by atoms with van der Waals surface area (Å²) in [6, 6.07) is 12.2. The van der Waals surface area contributed by atoms with Gasteiger partial charge in [-0.15, -0.1) is 0 Å². The highest BCUT2D eigenvalue weighted by atomic mass is 16.3. The molecule has 1 N–H and O–H groups in total. The molecule has 2 atom stereocenters. The minimum Gasteiger partial charge on any atom is -0.396 e. The van der Waals surface area contributed by atoms with Crippen molar-refractivity contribution in [3.8, 4) is 11.1 Å². The van der Waals surface area contributed by atoms with Crippen molar-refractivity contribution in [2.24, 2.45) is 11.8 Å². The monoisotopic (exact) mass is 366 g/mol. The van der Waals surface area contributed by atoms with Gasteiger partial charge in [-0.1, -0.05) is 38.1 Å². The van der Waals surface area contributed by atoms with Crippen molar-refractivity contribution < 1.29 is 5.11 Å². The Bertz CT molecular complexity index is 854. The van der Waals surface area contributed by atoms with Crippen LogP contribution < -0.4 is 5.56 Å². The van der Waals surface area contributed by atoms with E-state index in [1.54, 1.807) is 6.07 Å². The average molecular weight is 367 g/mol. The zero-order valence-electron chi connectivity index (χ0n) is 16.4. The van der Waals surface area contributed by atoms with E-state index in [0.717, 1.165) is 42.9 Å². The summed E-state index contributed by atoms with van der Waals surface area (Å²) in [7, 11) is 0. The molecule has 0 unspecified atom stereocenters. The fraction of sp³-hybridized carbons (Fsp3) is 0.522. The minimum absolute atomic E-state index is 0.133. The van der Waals surface area contributed by atoms with Gasteiger partial charge in [0, 0.05) is 50.5 Å². The maximum atomic E-state index is 12.8. The van der Waals surface area contributed by atoms with E-state index in [1.165, 1.54) is 12.1 Å². The van der Waals surface area contributed by atoms with Gasteiger partial charge in [0.25, 0.3) is 5.56 Å². The van der Waals surface area contributed by atoms with Crippen LogP contribution in [-0.4, -0.2) is 40.8 Å². The van der Waals surface area contributed by atoms with Gasteiger partial charge < -0.3 is 14.6 Å². The Morgan fingerprint density at radius 3 is 2.56 bits per heavy atom. The first-order valence-corrected chi connectivity index (χ1v) is 10.2. The lowest BCUT2D eigenvalue weighted by molar-refractivity contribution is 0.109. The number of rotatable bonds is 5. The maximum Gasteiger partial charge on any atom is 0.251 e. The number of likely N-dealkylation sites (tertiary alicyclic amines) is 1. The van der Waals surface area contributed by atoms with Gasteiger partial charge in [-0.25, -0.2) is 0 Å². The summed E-state index contributed by atoms with van der Waals surface area (Å²) in [5.41, 5.74) is 4.56. The summed E-state index contributed by atoms with van der Waals surface area (Å²) in [5.74, 6) is 1.73. The fourth-order valence-electron chi connectivity index (χ4n) is 4.88. The van der Waals surface area contributed by atoms with Crippen LogP contribution in [0.15, 0.2) is 41.2 Å². The highest BCUT2D eigenvalue weighted by Crippen LogP contribution is 2.36. The van der Waals surface area contributed by atoms with Crippen molar-refractivity contribution in [2.45, 2.75) is 39.2 Å². The highest BCUT2D eigenvalue weighted by molar-refractivity contribution is 5.64. The van der Waals surface area contributed by atoms with Gasteiger partial charge in [-0.2, -0.15) is 0 Å². The number of aliphatic hydroxyl groups excluding tert-OH is 1. The number of aliphatic hydroxyl groups is 1. The first-order valence-electron chi connectivity index (χ1n) is 10.2. The van der Waals surface area contributed by atoms with Gasteiger partial charge in [0.15, 0.2) is 0 Å². The molecule has 4 rings (SSSR count). The van der Waals surface area contributed by atoms with E-state index < -0.39 is 0 Å². The highest BCUT2D eigenvalue weighted by Gasteiger charge is 2.34. The van der Waals surface area contributed by atoms with E-state index in [-0.39, 0.29) is 12.2 Å². The number of piperidine rings is 1. The topological polar surface area (TPSA) is 45.5 Å². The number of benzene rings is 1. The zero-order chi connectivity index (χ0) is 19.0. The Kier molecular flexibility index (Phi) is 5.20. The number of pyridine rings is 1. The predicted octanol–water partition coefficient (Wildman–Crippen LogP) is 3.13. The van der Waals surface area contributed by atoms with Crippen molar-refractivity contribution in [1.29, 1.82) is 0 Å². The summed E-state index contributed by atoms with van der Waals surface area (Å²) in [4.78, 5) is 15.4. The van der Waals surface area contributed by atoms with Gasteiger partial charge in [0.1, 0.15) is 0 Å². The molecule has 0 radical (unpaired) electrons. The first-order chi connectivity index (χ1) is 13.0. The molecule has 2 aliphatic heterocycles. The molecule has 2 bridgehead atoms. The smallest absolute Gasteiger partial charge is 0.251 e. The van der Waals surface area contributed by atoms with Crippen LogP contribution in [0.1, 0.15) is 37.4 Å². The first kappa shape index (κ1) is 18.5. The van der Waals surface area contributed by atoms with E-state index >= 15 is 0 Å². The van der Waals surface area contributed by atoms with Crippen LogP contribution in [-0.2, 0) is 13.0 Å². The number of nitrogens with zero attached hydrogens (tertiary/aromatic N) is 2. The molecule has 4 heteroatoms. The Morgan fingerprint density at radius 2 is 1.85 bits per heavy atom. The number of hydrogen-bond acceptors (Lipinski definition) is 3. The van der Waals surface area contributed by atoms with Crippen LogP contribution >= 0.6 is 0 Å². The second-order valence-electron chi connectivity index (χ2n) is 8.70. The van der Waals surface area contributed by atoms with E-state index in [2.05, 4.69) is 36.9 Å². The predicted molar refractivity (Wildman–Crippen MR) is 109 cm³/mol. The summed E-state index contributed by atoms with van der Waals surface area (Å²) in [6.07, 6.45) is 1.87. The zero-order valence-corrected chi connectivity index (χ0v) is 16.4. The number of aromatic nitrogens is 1. The third-order valence-electron chi connectivity index (χ3n) is 5.94. The molecule has 1 saturated heterocycles. The van der Waals surface area contributed by atoms with Crippen LogP contribution in [0.2, 0.25) is 0 Å². The Labute approximate surface area is 161 Å². The van der Waals surface area contributed by atoms with Gasteiger partial charge in [-0.3, -0.25) is 4.79 Å². The number of hydrogen-bond donors (Lipinski definition) is 1. The third kappa shape index (κ3) is 3.87. The van der Waals surface area contributed by atoms with E-state index in [1.807, 2.05) is 16.7 Å². The van der Waals surface area contributed by atoms with Crippen molar-refractivity contribution in [3.05, 3.63) is 58.0 Å². The lowest BCUT2D eigenvalue weighted by Gasteiger charge is -2.43. The van der Waals surface area contributed by atoms with E-state index in [4.69, 9.17) is 5.11 Å². The fourth-order valence-corrected chi connectivity index (χ4v) is 4.88. The largest absolute Gasteiger partial charge is 0.396 e. The van der Waals surface area contributed by atoms with Gasteiger partial charge in [0.05, 0.1) is 0 Å². The molecule has 1 fully saturated rings. The summed E-state index contributed by atoms with van der Waals surface area (Å²) < 4.78 is 2.02. The minimum atomic E-state index is 0.133. The molecular formula is C23H30N2O2. The summed E-state index contributed by atoms with van der Waals surface area (Å²) in [6.45, 7) is 8.90. The van der Waals surface area contributed by atoms with Crippen LogP contribution in [0.25, 0.3) is 11.1 Å². The molecule has 1 aromatic carbocycles. The molecule has 2 aromatic rings. The van der Waals surface area contributed by atoms with Crippen LogP contribution in [0.5, 0.6) is 0 Å². The number of fused-ring (bicyclic) bond motifs is 4. The molecule has 1 aromatic heterocycles. The van der Waals surface area contributed by atoms with Gasteiger partial charge in [-0.05, 0) is 47.4 Å². The lowest BCUT2D eigenvalue weighted by atomic mass is 9.82. The second kappa shape index (κ2) is 7.61. The molecule has 144 valence electrons. The van der Waals surface area contributed by atoms with Crippen molar-refractivity contribution in [3.63, 3.8) is 0 Å². The molecule has 0 amide bonds. The Morgan fingerprint density at radius 1 is 1.07 bits per heavy atom. The van der Waals surface area contributed by atoms with Crippen molar-refractivity contribution in [1.82, 2.24) is 9.47 Å². The molecule has 4 nitrogen and oxygen atoms in total. The van der Waals surface area contributed by atoms with E-state index in [9.17, 15) is 4.79 Å². The maximum absolute atomic E-state index is 12.8. The Hall–Kier alpha value is -1.91. The molecule has 0 aliphatic carbocycles. The second-order valence-corrected chi connectivity index (χ2v) is 8.70.